The Balaban J connectivity index is 1.58. The summed E-state index contributed by atoms with van der Waals surface area (Å²) < 4.78 is 72.0. The molecule has 2 unspecified atom stereocenters. The van der Waals surface area contributed by atoms with Crippen molar-refractivity contribution in [1.82, 2.24) is 4.90 Å². The lowest BCUT2D eigenvalue weighted by molar-refractivity contribution is -0.408. The second kappa shape index (κ2) is 9.28. The molecule has 5 atom stereocenters. The molecule has 9 heteroatoms. The maximum Gasteiger partial charge on any atom is 0.482 e. The van der Waals surface area contributed by atoms with E-state index in [2.05, 4.69) is 4.74 Å². The fourth-order valence-electron chi connectivity index (χ4n) is 7.47. The van der Waals surface area contributed by atoms with E-state index in [1.54, 1.807) is 39.2 Å². The number of ketones is 1. The van der Waals surface area contributed by atoms with E-state index in [4.69, 9.17) is 0 Å². The third-order valence-corrected chi connectivity index (χ3v) is 9.23. The van der Waals surface area contributed by atoms with E-state index in [-0.39, 0.29) is 35.9 Å². The summed E-state index contributed by atoms with van der Waals surface area (Å²) in [7, 11) is 3.32. The molecule has 0 radical (unpaired) electrons. The Morgan fingerprint density at radius 1 is 1.00 bits per heavy atom. The van der Waals surface area contributed by atoms with Gasteiger partial charge in [0.05, 0.1) is 6.10 Å². The molecule has 0 spiro atoms. The molecule has 4 aliphatic rings. The first-order chi connectivity index (χ1) is 17.7. The van der Waals surface area contributed by atoms with Crippen LogP contribution in [-0.4, -0.2) is 49.1 Å². The Kier molecular flexibility index (Phi) is 6.60. The van der Waals surface area contributed by atoms with Crippen LogP contribution in [0.4, 0.5) is 22.0 Å². The molecule has 4 aliphatic carbocycles. The summed E-state index contributed by atoms with van der Waals surface area (Å²) in [6, 6.07) is 7.18. The number of allylic oxidation sites excluding steroid dienone is 4. The van der Waals surface area contributed by atoms with E-state index in [0.29, 0.717) is 44.1 Å². The fraction of sp³-hybridized carbons (Fsp3) is 0.586. The summed E-state index contributed by atoms with van der Waals surface area (Å²) in [6.07, 6.45) is -7.09. The zero-order valence-electron chi connectivity index (χ0n) is 21.7. The van der Waals surface area contributed by atoms with Gasteiger partial charge < -0.3 is 9.64 Å². The molecule has 5 rings (SSSR count). The van der Waals surface area contributed by atoms with Gasteiger partial charge in [-0.25, -0.2) is 0 Å². The van der Waals surface area contributed by atoms with Gasteiger partial charge in [0.25, 0.3) is 5.91 Å². The molecular formula is C29H32F5NO3. The first-order valence-corrected chi connectivity index (χ1v) is 13.1. The van der Waals surface area contributed by atoms with Crippen molar-refractivity contribution in [3.63, 3.8) is 0 Å². The van der Waals surface area contributed by atoms with Gasteiger partial charge in [-0.05, 0) is 90.7 Å². The van der Waals surface area contributed by atoms with Gasteiger partial charge in [0, 0.05) is 32.0 Å². The largest absolute Gasteiger partial charge is 0.482 e. The minimum atomic E-state index is -5.78. The van der Waals surface area contributed by atoms with Gasteiger partial charge in [-0.15, -0.1) is 0 Å². The predicted octanol–water partition coefficient (Wildman–Crippen LogP) is 6.83. The summed E-state index contributed by atoms with van der Waals surface area (Å²) in [5, 5.41) is 0. The number of carbonyl (C=O) groups excluding carboxylic acids is 2. The van der Waals surface area contributed by atoms with Crippen LogP contribution in [0.15, 0.2) is 47.1 Å². The number of carbonyl (C=O) groups is 2. The molecule has 0 saturated heterocycles. The van der Waals surface area contributed by atoms with Gasteiger partial charge in [0.1, 0.15) is 0 Å². The van der Waals surface area contributed by atoms with Gasteiger partial charge in [0.2, 0.25) is 0 Å². The Morgan fingerprint density at radius 3 is 2.32 bits per heavy atom. The van der Waals surface area contributed by atoms with Crippen LogP contribution in [0, 0.1) is 17.3 Å². The van der Waals surface area contributed by atoms with E-state index < -0.39 is 23.8 Å². The summed E-state index contributed by atoms with van der Waals surface area (Å²) in [5.41, 5.74) is 3.86. The van der Waals surface area contributed by atoms with Gasteiger partial charge in [-0.1, -0.05) is 24.6 Å². The molecule has 1 aromatic carbocycles. The number of hydrogen-bond donors (Lipinski definition) is 0. The van der Waals surface area contributed by atoms with Crippen molar-refractivity contribution in [3.8, 4) is 0 Å². The van der Waals surface area contributed by atoms with Crippen molar-refractivity contribution in [1.29, 1.82) is 0 Å². The second-order valence-electron chi connectivity index (χ2n) is 11.6. The van der Waals surface area contributed by atoms with E-state index in [1.165, 1.54) is 10.5 Å². The highest BCUT2D eigenvalue weighted by molar-refractivity contribution is 5.94. The highest BCUT2D eigenvalue weighted by Gasteiger charge is 2.65. The lowest BCUT2D eigenvalue weighted by Gasteiger charge is -2.52. The van der Waals surface area contributed by atoms with Crippen LogP contribution in [0.5, 0.6) is 0 Å². The average molecular weight is 538 g/mol. The Morgan fingerprint density at radius 2 is 1.68 bits per heavy atom. The van der Waals surface area contributed by atoms with Crippen LogP contribution in [0.2, 0.25) is 0 Å². The molecule has 2 fully saturated rings. The van der Waals surface area contributed by atoms with Crippen molar-refractivity contribution in [2.24, 2.45) is 17.3 Å². The number of ether oxygens (including phenoxy) is 1. The number of halogens is 5. The summed E-state index contributed by atoms with van der Waals surface area (Å²) in [5.74, 6) is -0.380. The van der Waals surface area contributed by atoms with E-state index in [0.717, 1.165) is 16.7 Å². The fourth-order valence-corrected chi connectivity index (χ4v) is 7.47. The molecule has 206 valence electrons. The summed E-state index contributed by atoms with van der Waals surface area (Å²) >= 11 is 0. The SMILES string of the molecule is CN(C)C(=O)c1ccc([C@H]2C[C@@]3(C)C(CC[C@@H]3OC(F)(F)C(F)(F)F)C3CCC4=CC(=O)CCC4=C32)cc1. The lowest BCUT2D eigenvalue weighted by atomic mass is 9.53. The zero-order chi connectivity index (χ0) is 27.6. The van der Waals surface area contributed by atoms with Crippen LogP contribution >= 0.6 is 0 Å². The van der Waals surface area contributed by atoms with Crippen molar-refractivity contribution in [3.05, 3.63) is 58.2 Å². The molecule has 1 aromatic rings. The molecular weight excluding hydrogens is 505 g/mol. The van der Waals surface area contributed by atoms with E-state index in [9.17, 15) is 31.5 Å². The van der Waals surface area contributed by atoms with Crippen LogP contribution in [0.1, 0.15) is 73.7 Å². The summed E-state index contributed by atoms with van der Waals surface area (Å²) in [6.45, 7) is 1.80. The molecule has 38 heavy (non-hydrogen) atoms. The smallest absolute Gasteiger partial charge is 0.345 e. The monoisotopic (exact) mass is 537 g/mol. The van der Waals surface area contributed by atoms with Gasteiger partial charge in [0.15, 0.2) is 5.78 Å². The highest BCUT2D eigenvalue weighted by atomic mass is 19.4. The normalized spacial score (nSPS) is 31.4. The topological polar surface area (TPSA) is 46.6 Å². The zero-order valence-corrected chi connectivity index (χ0v) is 21.7. The maximum absolute atomic E-state index is 14.1. The number of benzene rings is 1. The quantitative estimate of drug-likeness (QED) is 0.396. The van der Waals surface area contributed by atoms with Crippen molar-refractivity contribution in [2.45, 2.75) is 76.2 Å². The third kappa shape index (κ3) is 4.40. The highest BCUT2D eigenvalue weighted by Crippen LogP contribution is 2.65. The van der Waals surface area contributed by atoms with E-state index in [1.807, 2.05) is 12.1 Å². The number of rotatable bonds is 4. The van der Waals surface area contributed by atoms with Gasteiger partial charge in [-0.3, -0.25) is 9.59 Å². The molecule has 4 nitrogen and oxygen atoms in total. The molecule has 0 aliphatic heterocycles. The molecule has 2 saturated carbocycles. The van der Waals surface area contributed by atoms with Crippen molar-refractivity contribution in [2.75, 3.05) is 14.1 Å². The number of nitrogens with zero attached hydrogens (tertiary/aromatic N) is 1. The molecule has 0 N–H and O–H groups in total. The number of amides is 1. The van der Waals surface area contributed by atoms with Crippen LogP contribution in [-0.2, 0) is 9.53 Å². The Labute approximate surface area is 218 Å². The van der Waals surface area contributed by atoms with Gasteiger partial charge >= 0.3 is 12.3 Å². The van der Waals surface area contributed by atoms with Crippen LogP contribution < -0.4 is 0 Å². The number of hydrogen-bond acceptors (Lipinski definition) is 3. The standard InChI is InChI=1S/C29H32F5NO3/c1-27-15-22(16-4-6-17(7-5-16)26(37)35(2)3)25-20-11-9-19(36)14-18(20)8-10-21(25)23(27)12-13-24(27)38-29(33,34)28(30,31)32/h4-7,14,21-24H,8-13,15H2,1-3H3/t21?,22-,23?,24+,27+/m1/s1. The summed E-state index contributed by atoms with van der Waals surface area (Å²) in [4.78, 5) is 26.1. The van der Waals surface area contributed by atoms with Gasteiger partial charge in [-0.2, -0.15) is 22.0 Å². The molecule has 1 amide bonds. The minimum Gasteiger partial charge on any atom is -0.345 e. The van der Waals surface area contributed by atoms with Crippen molar-refractivity contribution < 1.29 is 36.3 Å². The molecule has 0 bridgehead atoms. The predicted molar refractivity (Wildman–Crippen MR) is 131 cm³/mol. The lowest BCUT2D eigenvalue weighted by Crippen LogP contribution is -2.50. The first kappa shape index (κ1) is 27.0. The Hall–Kier alpha value is -2.55. The average Bonchev–Trinajstić information content (AvgIpc) is 3.17. The third-order valence-electron chi connectivity index (χ3n) is 9.23. The first-order valence-electron chi connectivity index (χ1n) is 13.1. The number of alkyl halides is 5. The number of fused-ring (bicyclic) bond motifs is 4. The Bertz CT molecular complexity index is 1200. The minimum absolute atomic E-state index is 0.00953. The molecule has 0 aromatic heterocycles. The van der Waals surface area contributed by atoms with Crippen molar-refractivity contribution >= 4 is 11.7 Å². The van der Waals surface area contributed by atoms with Crippen LogP contribution in [0.25, 0.3) is 0 Å². The maximum atomic E-state index is 14.1. The van der Waals surface area contributed by atoms with Crippen LogP contribution in [0.3, 0.4) is 0 Å². The second-order valence-corrected chi connectivity index (χ2v) is 11.6. The molecule has 0 heterocycles. The van der Waals surface area contributed by atoms with E-state index >= 15 is 0 Å².